The van der Waals surface area contributed by atoms with Gasteiger partial charge in [0, 0.05) is 19.1 Å². The molecule has 2 heterocycles. The summed E-state index contributed by atoms with van der Waals surface area (Å²) in [7, 11) is 0. The summed E-state index contributed by atoms with van der Waals surface area (Å²) in [4.78, 5) is 16.7. The largest absolute Gasteiger partial charge is 0.484 e. The second-order valence-electron chi connectivity index (χ2n) is 5.96. The van der Waals surface area contributed by atoms with E-state index >= 15 is 0 Å². The number of amides is 1. The number of rotatable bonds is 4. The van der Waals surface area contributed by atoms with Crippen molar-refractivity contribution in [3.63, 3.8) is 0 Å². The third kappa shape index (κ3) is 3.76. The van der Waals surface area contributed by atoms with Crippen LogP contribution in [0.4, 0.5) is 0 Å². The van der Waals surface area contributed by atoms with Crippen molar-refractivity contribution < 1.29 is 9.53 Å². The monoisotopic (exact) mass is 288 g/mol. The normalized spacial score (nSPS) is 20.7. The third-order valence-corrected chi connectivity index (χ3v) is 4.58. The summed E-state index contributed by atoms with van der Waals surface area (Å²) >= 11 is 0. The number of piperidine rings is 1. The van der Waals surface area contributed by atoms with Crippen LogP contribution in [0, 0.1) is 0 Å². The van der Waals surface area contributed by atoms with Crippen LogP contribution in [0.25, 0.3) is 0 Å². The predicted molar refractivity (Wildman–Crippen MR) is 82.3 cm³/mol. The van der Waals surface area contributed by atoms with Gasteiger partial charge in [-0.1, -0.05) is 18.2 Å². The summed E-state index contributed by atoms with van der Waals surface area (Å²) in [5.41, 5.74) is 0. The van der Waals surface area contributed by atoms with Gasteiger partial charge in [0.1, 0.15) is 5.75 Å². The van der Waals surface area contributed by atoms with E-state index in [1.165, 1.54) is 25.9 Å². The first-order valence-electron chi connectivity index (χ1n) is 8.02. The van der Waals surface area contributed by atoms with E-state index in [4.69, 9.17) is 4.74 Å². The van der Waals surface area contributed by atoms with Crippen molar-refractivity contribution >= 4 is 5.91 Å². The molecule has 1 aromatic carbocycles. The summed E-state index contributed by atoms with van der Waals surface area (Å²) in [6.45, 7) is 4.39. The van der Waals surface area contributed by atoms with Gasteiger partial charge in [-0.15, -0.1) is 0 Å². The molecule has 4 heteroatoms. The summed E-state index contributed by atoms with van der Waals surface area (Å²) in [6, 6.07) is 10.2. The number of ether oxygens (including phenoxy) is 1. The maximum Gasteiger partial charge on any atom is 0.260 e. The van der Waals surface area contributed by atoms with Crippen LogP contribution in [-0.4, -0.2) is 54.5 Å². The molecule has 0 saturated carbocycles. The highest BCUT2D eigenvalue weighted by Crippen LogP contribution is 2.21. The number of hydrogen-bond acceptors (Lipinski definition) is 3. The molecule has 2 saturated heterocycles. The van der Waals surface area contributed by atoms with Crippen LogP contribution >= 0.6 is 0 Å². The average Bonchev–Trinajstić information content (AvgIpc) is 3.08. The molecule has 0 N–H and O–H groups in total. The van der Waals surface area contributed by atoms with Gasteiger partial charge in [-0.3, -0.25) is 4.79 Å². The van der Waals surface area contributed by atoms with E-state index in [-0.39, 0.29) is 12.5 Å². The van der Waals surface area contributed by atoms with Crippen molar-refractivity contribution in [3.8, 4) is 5.75 Å². The highest BCUT2D eigenvalue weighted by Gasteiger charge is 2.28. The van der Waals surface area contributed by atoms with Crippen LogP contribution in [0.2, 0.25) is 0 Å². The zero-order chi connectivity index (χ0) is 14.5. The number of likely N-dealkylation sites (tertiary alicyclic amines) is 2. The first-order valence-corrected chi connectivity index (χ1v) is 8.02. The molecule has 1 amide bonds. The van der Waals surface area contributed by atoms with E-state index in [0.29, 0.717) is 6.04 Å². The average molecular weight is 288 g/mol. The fraction of sp³-hybridized carbons (Fsp3) is 0.588. The lowest BCUT2D eigenvalue weighted by Crippen LogP contribution is -2.47. The van der Waals surface area contributed by atoms with E-state index in [1.807, 2.05) is 35.2 Å². The van der Waals surface area contributed by atoms with Crippen LogP contribution in [0.1, 0.15) is 25.7 Å². The van der Waals surface area contributed by atoms with Gasteiger partial charge in [0.05, 0.1) is 0 Å². The summed E-state index contributed by atoms with van der Waals surface area (Å²) < 4.78 is 5.55. The molecule has 0 atom stereocenters. The molecule has 0 unspecified atom stereocenters. The Balaban J connectivity index is 1.42. The van der Waals surface area contributed by atoms with Crippen molar-refractivity contribution in [2.75, 3.05) is 32.8 Å². The number of para-hydroxylation sites is 1. The molecule has 21 heavy (non-hydrogen) atoms. The lowest BCUT2D eigenvalue weighted by molar-refractivity contribution is -0.134. The quantitative estimate of drug-likeness (QED) is 0.851. The molecule has 0 spiro atoms. The van der Waals surface area contributed by atoms with Crippen molar-refractivity contribution in [2.45, 2.75) is 31.7 Å². The lowest BCUT2D eigenvalue weighted by atomic mass is 10.0. The molecule has 2 aliphatic rings. The van der Waals surface area contributed by atoms with Crippen LogP contribution in [0.5, 0.6) is 5.75 Å². The Kier molecular flexibility index (Phi) is 4.76. The number of benzene rings is 1. The standard InChI is InChI=1S/C17H24N2O2/c20-17(14-21-16-6-2-1-3-7-16)19-12-8-15(9-13-19)18-10-4-5-11-18/h1-3,6-7,15H,4-5,8-14H2. The van der Waals surface area contributed by atoms with Gasteiger partial charge in [-0.25, -0.2) is 0 Å². The predicted octanol–water partition coefficient (Wildman–Crippen LogP) is 2.15. The van der Waals surface area contributed by atoms with Gasteiger partial charge in [0.2, 0.25) is 0 Å². The van der Waals surface area contributed by atoms with Gasteiger partial charge in [-0.05, 0) is 50.9 Å². The number of carbonyl (C=O) groups is 1. The number of carbonyl (C=O) groups excluding carboxylic acids is 1. The molecule has 2 aliphatic heterocycles. The SMILES string of the molecule is O=C(COc1ccccc1)N1CCC(N2CCCC2)CC1. The Morgan fingerprint density at radius 3 is 2.38 bits per heavy atom. The molecule has 1 aromatic rings. The first-order chi connectivity index (χ1) is 10.3. The van der Waals surface area contributed by atoms with E-state index in [9.17, 15) is 4.79 Å². The Bertz CT molecular complexity index is 449. The highest BCUT2D eigenvalue weighted by molar-refractivity contribution is 5.77. The summed E-state index contributed by atoms with van der Waals surface area (Å²) in [6.07, 6.45) is 4.89. The minimum atomic E-state index is 0.110. The van der Waals surface area contributed by atoms with E-state index < -0.39 is 0 Å². The molecule has 114 valence electrons. The van der Waals surface area contributed by atoms with Gasteiger partial charge >= 0.3 is 0 Å². The van der Waals surface area contributed by atoms with Crippen molar-refractivity contribution in [3.05, 3.63) is 30.3 Å². The van der Waals surface area contributed by atoms with Crippen LogP contribution in [0.15, 0.2) is 30.3 Å². The second kappa shape index (κ2) is 6.94. The smallest absolute Gasteiger partial charge is 0.260 e. The molecule has 0 radical (unpaired) electrons. The van der Waals surface area contributed by atoms with Crippen molar-refractivity contribution in [1.29, 1.82) is 0 Å². The zero-order valence-corrected chi connectivity index (χ0v) is 12.5. The fourth-order valence-electron chi connectivity index (χ4n) is 3.34. The van der Waals surface area contributed by atoms with Crippen LogP contribution in [-0.2, 0) is 4.79 Å². The third-order valence-electron chi connectivity index (χ3n) is 4.58. The molecular formula is C17H24N2O2. The molecule has 3 rings (SSSR count). The molecule has 0 aromatic heterocycles. The van der Waals surface area contributed by atoms with Gasteiger partial charge in [0.25, 0.3) is 5.91 Å². The Labute approximate surface area is 126 Å². The first kappa shape index (κ1) is 14.4. The molecule has 0 bridgehead atoms. The molecular weight excluding hydrogens is 264 g/mol. The molecule has 0 aliphatic carbocycles. The number of nitrogens with zero attached hydrogens (tertiary/aromatic N) is 2. The summed E-state index contributed by atoms with van der Waals surface area (Å²) in [5, 5.41) is 0. The zero-order valence-electron chi connectivity index (χ0n) is 12.5. The second-order valence-corrected chi connectivity index (χ2v) is 5.96. The van der Waals surface area contributed by atoms with E-state index in [0.717, 1.165) is 31.7 Å². The van der Waals surface area contributed by atoms with Gasteiger partial charge < -0.3 is 14.5 Å². The Morgan fingerprint density at radius 2 is 1.71 bits per heavy atom. The lowest BCUT2D eigenvalue weighted by Gasteiger charge is -2.36. The van der Waals surface area contributed by atoms with Crippen LogP contribution < -0.4 is 4.74 Å². The topological polar surface area (TPSA) is 32.8 Å². The van der Waals surface area contributed by atoms with Gasteiger partial charge in [-0.2, -0.15) is 0 Å². The highest BCUT2D eigenvalue weighted by atomic mass is 16.5. The Morgan fingerprint density at radius 1 is 1.05 bits per heavy atom. The minimum absolute atomic E-state index is 0.110. The minimum Gasteiger partial charge on any atom is -0.484 e. The molecule has 2 fully saturated rings. The Hall–Kier alpha value is -1.55. The van der Waals surface area contributed by atoms with Crippen LogP contribution in [0.3, 0.4) is 0 Å². The van der Waals surface area contributed by atoms with Crippen molar-refractivity contribution in [1.82, 2.24) is 9.80 Å². The molecule has 4 nitrogen and oxygen atoms in total. The van der Waals surface area contributed by atoms with E-state index in [2.05, 4.69) is 4.90 Å². The van der Waals surface area contributed by atoms with Gasteiger partial charge in [0.15, 0.2) is 6.61 Å². The summed E-state index contributed by atoms with van der Waals surface area (Å²) in [5.74, 6) is 0.872. The fourth-order valence-corrected chi connectivity index (χ4v) is 3.34. The van der Waals surface area contributed by atoms with E-state index in [1.54, 1.807) is 0 Å². The maximum atomic E-state index is 12.2. The maximum absolute atomic E-state index is 12.2. The number of hydrogen-bond donors (Lipinski definition) is 0. The van der Waals surface area contributed by atoms with Crippen molar-refractivity contribution in [2.24, 2.45) is 0 Å².